The molecule has 0 aliphatic carbocycles. The van der Waals surface area contributed by atoms with E-state index in [9.17, 15) is 4.39 Å². The fraction of sp³-hybridized carbons (Fsp3) is 0.143. The number of nitriles is 1. The van der Waals surface area contributed by atoms with Crippen molar-refractivity contribution in [3.63, 3.8) is 0 Å². The van der Waals surface area contributed by atoms with Crippen LogP contribution in [0.15, 0.2) is 30.5 Å². The van der Waals surface area contributed by atoms with Crippen LogP contribution in [0.2, 0.25) is 0 Å². The molecule has 2 aromatic rings. The van der Waals surface area contributed by atoms with Crippen LogP contribution in [0.1, 0.15) is 16.7 Å². The Hall–Kier alpha value is -2.12. The molecule has 2 rings (SSSR count). The molecule has 0 saturated carbocycles. The Balaban J connectivity index is 2.26. The number of halogens is 2. The zero-order valence-corrected chi connectivity index (χ0v) is 10.9. The van der Waals surface area contributed by atoms with Crippen LogP contribution >= 0.6 is 11.6 Å². The Kier molecular flexibility index (Phi) is 3.98. The number of benzene rings is 1. The molecule has 0 bridgehead atoms. The summed E-state index contributed by atoms with van der Waals surface area (Å²) in [6, 6.07) is 7.66. The molecule has 1 aromatic heterocycles. The summed E-state index contributed by atoms with van der Waals surface area (Å²) in [6.45, 7) is 1.83. The van der Waals surface area contributed by atoms with Gasteiger partial charge in [0, 0.05) is 23.7 Å². The maximum absolute atomic E-state index is 13.4. The lowest BCUT2D eigenvalue weighted by Crippen LogP contribution is -1.94. The van der Waals surface area contributed by atoms with Crippen LogP contribution in [0.4, 0.5) is 4.39 Å². The Bertz CT molecular complexity index is 652. The van der Waals surface area contributed by atoms with Gasteiger partial charge in [-0.3, -0.25) is 0 Å². The molecule has 1 aromatic carbocycles. The van der Waals surface area contributed by atoms with E-state index < -0.39 is 5.82 Å². The smallest absolute Gasteiger partial charge is 0.222 e. The highest BCUT2D eigenvalue weighted by molar-refractivity contribution is 6.17. The van der Waals surface area contributed by atoms with Gasteiger partial charge in [0.2, 0.25) is 5.88 Å². The van der Waals surface area contributed by atoms with Gasteiger partial charge in [-0.05, 0) is 30.7 Å². The highest BCUT2D eigenvalue weighted by Gasteiger charge is 2.07. The molecule has 0 fully saturated rings. The summed E-state index contributed by atoms with van der Waals surface area (Å²) in [7, 11) is 0. The lowest BCUT2D eigenvalue weighted by atomic mass is 10.2. The average molecular weight is 277 g/mol. The first-order valence-electron chi connectivity index (χ1n) is 5.53. The summed E-state index contributed by atoms with van der Waals surface area (Å²) < 4.78 is 18.9. The molecule has 1 heterocycles. The maximum atomic E-state index is 13.4. The lowest BCUT2D eigenvalue weighted by Gasteiger charge is -2.08. The number of pyridine rings is 1. The van der Waals surface area contributed by atoms with E-state index in [1.54, 1.807) is 12.3 Å². The summed E-state index contributed by atoms with van der Waals surface area (Å²) in [5.41, 5.74) is 1.68. The molecule has 0 radical (unpaired) electrons. The van der Waals surface area contributed by atoms with Gasteiger partial charge in [-0.1, -0.05) is 0 Å². The second-order valence-corrected chi connectivity index (χ2v) is 4.22. The van der Waals surface area contributed by atoms with Gasteiger partial charge < -0.3 is 4.74 Å². The topological polar surface area (TPSA) is 45.9 Å². The van der Waals surface area contributed by atoms with Gasteiger partial charge in [0.05, 0.1) is 5.56 Å². The Morgan fingerprint density at radius 3 is 2.79 bits per heavy atom. The van der Waals surface area contributed by atoms with Crippen LogP contribution in [0.25, 0.3) is 0 Å². The van der Waals surface area contributed by atoms with Gasteiger partial charge in [0.15, 0.2) is 0 Å². The number of hydrogen-bond acceptors (Lipinski definition) is 3. The van der Waals surface area contributed by atoms with Gasteiger partial charge in [-0.15, -0.1) is 11.6 Å². The minimum absolute atomic E-state index is 0.0190. The largest absolute Gasteiger partial charge is 0.439 e. The van der Waals surface area contributed by atoms with E-state index >= 15 is 0 Å². The normalized spacial score (nSPS) is 10.0. The number of hydrogen-bond donors (Lipinski definition) is 0. The van der Waals surface area contributed by atoms with Crippen LogP contribution < -0.4 is 4.74 Å². The Morgan fingerprint density at radius 2 is 2.21 bits per heavy atom. The van der Waals surface area contributed by atoms with Crippen molar-refractivity contribution in [2.45, 2.75) is 12.8 Å². The number of alkyl halides is 1. The third-order valence-electron chi connectivity index (χ3n) is 2.52. The van der Waals surface area contributed by atoms with E-state index in [1.165, 1.54) is 12.1 Å². The third kappa shape index (κ3) is 3.01. The highest BCUT2D eigenvalue weighted by atomic mass is 35.5. The first-order chi connectivity index (χ1) is 9.13. The molecule has 0 aliphatic heterocycles. The first kappa shape index (κ1) is 13.3. The van der Waals surface area contributed by atoms with Gasteiger partial charge in [0.1, 0.15) is 17.6 Å². The summed E-state index contributed by atoms with van der Waals surface area (Å²) in [5, 5.41) is 8.65. The third-order valence-corrected chi connectivity index (χ3v) is 2.83. The average Bonchev–Trinajstić information content (AvgIpc) is 2.41. The molecule has 0 N–H and O–H groups in total. The second kappa shape index (κ2) is 5.68. The van der Waals surface area contributed by atoms with Crippen molar-refractivity contribution < 1.29 is 9.13 Å². The summed E-state index contributed by atoms with van der Waals surface area (Å²) >= 11 is 5.70. The van der Waals surface area contributed by atoms with Crippen molar-refractivity contribution >= 4 is 11.6 Å². The molecule has 3 nitrogen and oxygen atoms in total. The lowest BCUT2D eigenvalue weighted by molar-refractivity contribution is 0.454. The van der Waals surface area contributed by atoms with E-state index in [0.29, 0.717) is 17.5 Å². The molecule has 0 spiro atoms. The van der Waals surface area contributed by atoms with Crippen molar-refractivity contribution in [1.29, 1.82) is 5.26 Å². The summed E-state index contributed by atoms with van der Waals surface area (Å²) in [4.78, 5) is 4.12. The number of rotatable bonds is 3. The molecular formula is C14H10ClFN2O. The fourth-order valence-electron chi connectivity index (χ4n) is 1.56. The predicted octanol–water partition coefficient (Wildman–Crippen LogP) is 3.93. The Morgan fingerprint density at radius 1 is 1.42 bits per heavy atom. The minimum atomic E-state index is -0.616. The van der Waals surface area contributed by atoms with E-state index in [0.717, 1.165) is 17.2 Å². The van der Waals surface area contributed by atoms with Crippen LogP contribution in [-0.2, 0) is 5.88 Å². The molecule has 0 amide bonds. The quantitative estimate of drug-likeness (QED) is 0.798. The molecule has 19 heavy (non-hydrogen) atoms. The maximum Gasteiger partial charge on any atom is 0.222 e. The van der Waals surface area contributed by atoms with E-state index in [2.05, 4.69) is 4.98 Å². The van der Waals surface area contributed by atoms with Crippen molar-refractivity contribution in [3.8, 4) is 17.7 Å². The highest BCUT2D eigenvalue weighted by Crippen LogP contribution is 2.25. The van der Waals surface area contributed by atoms with Crippen molar-refractivity contribution in [2.24, 2.45) is 0 Å². The van der Waals surface area contributed by atoms with E-state index in [1.807, 2.05) is 13.0 Å². The first-order valence-corrected chi connectivity index (χ1v) is 6.06. The molecule has 96 valence electrons. The Labute approximate surface area is 115 Å². The van der Waals surface area contributed by atoms with Crippen LogP contribution in [0, 0.1) is 24.1 Å². The standard InChI is InChI=1S/C14H10ClFN2O/c1-9-4-10(6-15)8-18-14(9)19-12-3-2-11(7-17)13(16)5-12/h2-5,8H,6H2,1H3. The zero-order valence-electron chi connectivity index (χ0n) is 10.2. The van der Waals surface area contributed by atoms with Crippen LogP contribution in [-0.4, -0.2) is 4.98 Å². The molecule has 0 unspecified atom stereocenters. The zero-order chi connectivity index (χ0) is 13.8. The van der Waals surface area contributed by atoms with Crippen molar-refractivity contribution in [1.82, 2.24) is 4.98 Å². The van der Waals surface area contributed by atoms with Crippen LogP contribution in [0.3, 0.4) is 0 Å². The van der Waals surface area contributed by atoms with Gasteiger partial charge in [-0.2, -0.15) is 5.26 Å². The van der Waals surface area contributed by atoms with Gasteiger partial charge >= 0.3 is 0 Å². The van der Waals surface area contributed by atoms with Gasteiger partial charge in [-0.25, -0.2) is 9.37 Å². The molecule has 0 saturated heterocycles. The van der Waals surface area contributed by atoms with Crippen molar-refractivity contribution in [2.75, 3.05) is 0 Å². The van der Waals surface area contributed by atoms with Crippen molar-refractivity contribution in [3.05, 3.63) is 53.0 Å². The SMILES string of the molecule is Cc1cc(CCl)cnc1Oc1ccc(C#N)c(F)c1. The molecular weight excluding hydrogens is 267 g/mol. The molecule has 0 aliphatic rings. The number of nitrogens with zero attached hydrogens (tertiary/aromatic N) is 2. The molecule has 5 heteroatoms. The summed E-state index contributed by atoms with van der Waals surface area (Å²) in [6.07, 6.45) is 1.61. The number of aromatic nitrogens is 1. The van der Waals surface area contributed by atoms with Gasteiger partial charge in [0.25, 0.3) is 0 Å². The minimum Gasteiger partial charge on any atom is -0.439 e. The number of aryl methyl sites for hydroxylation is 1. The fourth-order valence-corrected chi connectivity index (χ4v) is 1.71. The van der Waals surface area contributed by atoms with Crippen LogP contribution in [0.5, 0.6) is 11.6 Å². The second-order valence-electron chi connectivity index (χ2n) is 3.95. The molecule has 0 atom stereocenters. The summed E-state index contributed by atoms with van der Waals surface area (Å²) in [5.74, 6) is 0.443. The number of ether oxygens (including phenoxy) is 1. The van der Waals surface area contributed by atoms with E-state index in [-0.39, 0.29) is 5.56 Å². The van der Waals surface area contributed by atoms with E-state index in [4.69, 9.17) is 21.6 Å². The predicted molar refractivity (Wildman–Crippen MR) is 69.7 cm³/mol. The monoisotopic (exact) mass is 276 g/mol.